The van der Waals surface area contributed by atoms with E-state index in [0.29, 0.717) is 16.8 Å². The second kappa shape index (κ2) is 3.78. The van der Waals surface area contributed by atoms with Gasteiger partial charge in [0.2, 0.25) is 5.71 Å². The highest BCUT2D eigenvalue weighted by atomic mass is 16.3. The van der Waals surface area contributed by atoms with Crippen LogP contribution in [0.15, 0.2) is 38.3 Å². The van der Waals surface area contributed by atoms with E-state index in [2.05, 4.69) is 9.97 Å². The van der Waals surface area contributed by atoms with Crippen LogP contribution in [0.3, 0.4) is 0 Å². The van der Waals surface area contributed by atoms with E-state index in [9.17, 15) is 9.59 Å². The van der Waals surface area contributed by atoms with Crippen molar-refractivity contribution >= 4 is 33.4 Å². The number of benzene rings is 1. The second-order valence-corrected chi connectivity index (χ2v) is 4.85. The lowest BCUT2D eigenvalue weighted by molar-refractivity contribution is 0.649. The SMILES string of the molecule is Cn1c(=O)c2nc3c(nc2n(C)c1=O)oc1ccccc13. The first kappa shape index (κ1) is 11.8. The highest BCUT2D eigenvalue weighted by molar-refractivity contribution is 6.02. The number of nitrogens with zero attached hydrogens (tertiary/aromatic N) is 4. The summed E-state index contributed by atoms with van der Waals surface area (Å²) in [6, 6.07) is 7.37. The van der Waals surface area contributed by atoms with Crippen molar-refractivity contribution in [2.75, 3.05) is 0 Å². The van der Waals surface area contributed by atoms with Gasteiger partial charge >= 0.3 is 5.69 Å². The number of hydrogen-bond acceptors (Lipinski definition) is 5. The average molecular weight is 282 g/mol. The molecular weight excluding hydrogens is 272 g/mol. The molecule has 0 aliphatic rings. The lowest BCUT2D eigenvalue weighted by Crippen LogP contribution is -2.37. The fourth-order valence-corrected chi connectivity index (χ4v) is 2.45. The van der Waals surface area contributed by atoms with Gasteiger partial charge in [-0.25, -0.2) is 9.78 Å². The van der Waals surface area contributed by atoms with Crippen LogP contribution in [0.4, 0.5) is 0 Å². The van der Waals surface area contributed by atoms with Crippen LogP contribution < -0.4 is 11.2 Å². The standard InChI is InChI=1S/C14H10N4O3/c1-17-11-10(13(19)18(2)14(17)20)15-9-7-5-3-4-6-8(7)21-12(9)16-11/h3-6H,1-2H3. The molecule has 0 saturated heterocycles. The zero-order valence-corrected chi connectivity index (χ0v) is 11.3. The molecule has 4 rings (SSSR count). The monoisotopic (exact) mass is 282 g/mol. The summed E-state index contributed by atoms with van der Waals surface area (Å²) in [6.45, 7) is 0. The van der Waals surface area contributed by atoms with Crippen molar-refractivity contribution in [3.8, 4) is 0 Å². The van der Waals surface area contributed by atoms with Crippen LogP contribution >= 0.6 is 0 Å². The van der Waals surface area contributed by atoms with Crippen LogP contribution in [0.25, 0.3) is 33.4 Å². The van der Waals surface area contributed by atoms with Gasteiger partial charge in [-0.3, -0.25) is 13.9 Å². The summed E-state index contributed by atoms with van der Waals surface area (Å²) in [5, 5.41) is 0.790. The molecule has 0 atom stereocenters. The summed E-state index contributed by atoms with van der Waals surface area (Å²) in [5.74, 6) is 0. The van der Waals surface area contributed by atoms with Crippen molar-refractivity contribution in [2.45, 2.75) is 0 Å². The van der Waals surface area contributed by atoms with E-state index in [1.54, 1.807) is 13.1 Å². The van der Waals surface area contributed by atoms with Gasteiger partial charge in [-0.05, 0) is 12.1 Å². The summed E-state index contributed by atoms with van der Waals surface area (Å²) in [4.78, 5) is 32.8. The lowest BCUT2D eigenvalue weighted by Gasteiger charge is -2.04. The van der Waals surface area contributed by atoms with Crippen molar-refractivity contribution in [3.05, 3.63) is 45.1 Å². The molecule has 4 aromatic rings. The minimum Gasteiger partial charge on any atom is -0.436 e. The fraction of sp³-hybridized carbons (Fsp3) is 0.143. The Morgan fingerprint density at radius 1 is 1.00 bits per heavy atom. The molecule has 0 radical (unpaired) electrons. The summed E-state index contributed by atoms with van der Waals surface area (Å²) in [7, 11) is 2.97. The molecule has 3 heterocycles. The first-order valence-corrected chi connectivity index (χ1v) is 6.33. The molecule has 21 heavy (non-hydrogen) atoms. The topological polar surface area (TPSA) is 82.9 Å². The van der Waals surface area contributed by atoms with Gasteiger partial charge in [0.05, 0.1) is 0 Å². The van der Waals surface area contributed by atoms with Crippen LogP contribution in [0, 0.1) is 0 Å². The first-order chi connectivity index (χ1) is 10.1. The number of aromatic nitrogens is 4. The van der Waals surface area contributed by atoms with E-state index in [-0.39, 0.29) is 11.2 Å². The van der Waals surface area contributed by atoms with Crippen LogP contribution in [-0.2, 0) is 14.1 Å². The molecule has 7 nitrogen and oxygen atoms in total. The van der Waals surface area contributed by atoms with Gasteiger partial charge in [-0.2, -0.15) is 4.98 Å². The van der Waals surface area contributed by atoms with Crippen LogP contribution in [0.1, 0.15) is 0 Å². The minimum absolute atomic E-state index is 0.152. The Labute approximate surface area is 117 Å². The molecular formula is C14H10N4O3. The normalized spacial score (nSPS) is 11.7. The molecule has 0 aliphatic carbocycles. The van der Waals surface area contributed by atoms with Gasteiger partial charge in [-0.15, -0.1) is 0 Å². The Kier molecular flexibility index (Phi) is 2.13. The zero-order chi connectivity index (χ0) is 14.7. The molecule has 3 aromatic heterocycles. The molecule has 0 fully saturated rings. The van der Waals surface area contributed by atoms with Gasteiger partial charge in [0.25, 0.3) is 5.56 Å². The quantitative estimate of drug-likeness (QED) is 0.479. The molecule has 104 valence electrons. The molecule has 0 unspecified atom stereocenters. The Bertz CT molecular complexity index is 1150. The highest BCUT2D eigenvalue weighted by Gasteiger charge is 2.16. The maximum absolute atomic E-state index is 12.2. The Balaban J connectivity index is 2.34. The summed E-state index contributed by atoms with van der Waals surface area (Å²) >= 11 is 0. The third kappa shape index (κ3) is 1.42. The largest absolute Gasteiger partial charge is 0.436 e. The van der Waals surface area contributed by atoms with E-state index in [0.717, 1.165) is 9.95 Å². The number of aryl methyl sites for hydroxylation is 1. The van der Waals surface area contributed by atoms with E-state index in [4.69, 9.17) is 4.42 Å². The van der Waals surface area contributed by atoms with Crippen molar-refractivity contribution in [1.29, 1.82) is 0 Å². The van der Waals surface area contributed by atoms with E-state index >= 15 is 0 Å². The van der Waals surface area contributed by atoms with Crippen molar-refractivity contribution < 1.29 is 4.42 Å². The molecule has 0 aliphatic heterocycles. The van der Waals surface area contributed by atoms with Gasteiger partial charge in [0, 0.05) is 19.5 Å². The molecule has 0 saturated carbocycles. The second-order valence-electron chi connectivity index (χ2n) is 4.85. The lowest BCUT2D eigenvalue weighted by atomic mass is 10.2. The molecule has 0 spiro atoms. The zero-order valence-electron chi connectivity index (χ0n) is 11.3. The van der Waals surface area contributed by atoms with E-state index < -0.39 is 11.2 Å². The maximum Gasteiger partial charge on any atom is 0.332 e. The van der Waals surface area contributed by atoms with Crippen LogP contribution in [0.2, 0.25) is 0 Å². The summed E-state index contributed by atoms with van der Waals surface area (Å²) in [5.41, 5.74) is 0.934. The first-order valence-electron chi connectivity index (χ1n) is 6.33. The van der Waals surface area contributed by atoms with Gasteiger partial charge < -0.3 is 4.42 Å². The van der Waals surface area contributed by atoms with Crippen LogP contribution in [0.5, 0.6) is 0 Å². The number of para-hydroxylation sites is 1. The van der Waals surface area contributed by atoms with Gasteiger partial charge in [0.15, 0.2) is 11.2 Å². The Morgan fingerprint density at radius 2 is 1.76 bits per heavy atom. The minimum atomic E-state index is -0.465. The third-order valence-electron chi connectivity index (χ3n) is 3.59. The smallest absolute Gasteiger partial charge is 0.332 e. The maximum atomic E-state index is 12.2. The number of fused-ring (bicyclic) bond motifs is 4. The Hall–Kier alpha value is -2.96. The average Bonchev–Trinajstić information content (AvgIpc) is 2.87. The number of furan rings is 1. The van der Waals surface area contributed by atoms with Gasteiger partial charge in [0.1, 0.15) is 11.1 Å². The number of hydrogen-bond donors (Lipinski definition) is 0. The molecule has 1 aromatic carbocycles. The predicted molar refractivity (Wildman–Crippen MR) is 77.3 cm³/mol. The molecule has 7 heteroatoms. The van der Waals surface area contributed by atoms with E-state index in [1.807, 2.05) is 18.2 Å². The van der Waals surface area contributed by atoms with E-state index in [1.165, 1.54) is 11.6 Å². The molecule has 0 bridgehead atoms. The van der Waals surface area contributed by atoms with Crippen LogP contribution in [-0.4, -0.2) is 19.1 Å². The van der Waals surface area contributed by atoms with Crippen molar-refractivity contribution in [1.82, 2.24) is 19.1 Å². The number of rotatable bonds is 0. The third-order valence-corrected chi connectivity index (χ3v) is 3.59. The predicted octanol–water partition coefficient (Wildman–Crippen LogP) is 0.927. The molecule has 0 amide bonds. The van der Waals surface area contributed by atoms with Crippen molar-refractivity contribution in [2.24, 2.45) is 14.1 Å². The summed E-state index contributed by atoms with van der Waals surface area (Å²) < 4.78 is 7.93. The fourth-order valence-electron chi connectivity index (χ4n) is 2.45. The van der Waals surface area contributed by atoms with Crippen molar-refractivity contribution in [3.63, 3.8) is 0 Å². The van der Waals surface area contributed by atoms with Gasteiger partial charge in [-0.1, -0.05) is 12.1 Å². The highest BCUT2D eigenvalue weighted by Crippen LogP contribution is 2.26. The summed E-state index contributed by atoms with van der Waals surface area (Å²) in [6.07, 6.45) is 0. The Morgan fingerprint density at radius 3 is 2.57 bits per heavy atom. The molecule has 0 N–H and O–H groups in total.